The summed E-state index contributed by atoms with van der Waals surface area (Å²) in [5.41, 5.74) is 15.9. The highest BCUT2D eigenvalue weighted by Gasteiger charge is 2.46. The molecule has 4 aliphatic heterocycles. The quantitative estimate of drug-likeness (QED) is 0.0256. The van der Waals surface area contributed by atoms with Crippen LogP contribution >= 0.6 is 171 Å². The number of benzene rings is 6. The highest BCUT2D eigenvalue weighted by Crippen LogP contribution is 3.16. The molecule has 5 amide bonds. The highest BCUT2D eigenvalue weighted by molar-refractivity contribution is 9.22. The van der Waals surface area contributed by atoms with E-state index in [0.29, 0.717) is 99.9 Å². The van der Waals surface area contributed by atoms with Crippen LogP contribution in [0.25, 0.3) is 67.1 Å². The van der Waals surface area contributed by atoms with Crippen LogP contribution in [0, 0.1) is 25.5 Å². The second kappa shape index (κ2) is 45.9. The lowest BCUT2D eigenvalue weighted by molar-refractivity contribution is -0.135. The molecule has 46 heteroatoms. The Balaban J connectivity index is 0.000000188. The van der Waals surface area contributed by atoms with Crippen LogP contribution in [-0.4, -0.2) is 192 Å². The van der Waals surface area contributed by atoms with Gasteiger partial charge in [-0.1, -0.05) is 7.96 Å². The minimum absolute atomic E-state index is 0.00920. The van der Waals surface area contributed by atoms with Gasteiger partial charge in [0.05, 0.1) is 35.5 Å². The van der Waals surface area contributed by atoms with E-state index in [1.165, 1.54) is 24.3 Å². The van der Waals surface area contributed by atoms with Crippen molar-refractivity contribution >= 4 is 246 Å². The first-order valence-electron chi connectivity index (χ1n) is 37.3. The van der Waals surface area contributed by atoms with Gasteiger partial charge in [-0.15, -0.1) is 107 Å². The van der Waals surface area contributed by atoms with Gasteiger partial charge < -0.3 is 41.3 Å². The van der Waals surface area contributed by atoms with Gasteiger partial charge >= 0.3 is 0 Å². The van der Waals surface area contributed by atoms with E-state index in [1.807, 2.05) is 89.2 Å². The van der Waals surface area contributed by atoms with Crippen LogP contribution in [-0.2, 0) is 24.0 Å². The van der Waals surface area contributed by atoms with Crippen molar-refractivity contribution < 1.29 is 32.8 Å². The second-order valence-electron chi connectivity index (χ2n) is 28.9. The van der Waals surface area contributed by atoms with Gasteiger partial charge in [-0.2, -0.15) is 10.2 Å². The Bertz CT molecular complexity index is 5080. The zero-order chi connectivity index (χ0) is 85.6. The summed E-state index contributed by atoms with van der Waals surface area (Å²) in [6.45, 7) is 15.3. The maximum absolute atomic E-state index is 13.7. The number of carbonyl (C=O) groups is 5. The van der Waals surface area contributed by atoms with Gasteiger partial charge in [0.25, 0.3) is 5.91 Å². The van der Waals surface area contributed by atoms with Crippen molar-refractivity contribution in [2.24, 2.45) is 5.73 Å². The number of amides is 5. The molecule has 18 atom stereocenters. The number of fused-ring (bicyclic) bond motifs is 2. The molecule has 0 radical (unpaired) electrons. The van der Waals surface area contributed by atoms with E-state index in [4.69, 9.17) is 5.73 Å². The number of hydrogen-bond donors (Lipinski definition) is 6. The Morgan fingerprint density at radius 2 is 0.933 bits per heavy atom. The van der Waals surface area contributed by atoms with Gasteiger partial charge in [-0.25, -0.2) is 28.7 Å². The first-order valence-corrected chi connectivity index (χ1v) is 73.8. The zero-order valence-electron chi connectivity index (χ0n) is 65.9. The molecule has 8 heterocycles. The summed E-state index contributed by atoms with van der Waals surface area (Å²) in [6, 6.07) is 39.4. The van der Waals surface area contributed by atoms with Crippen molar-refractivity contribution in [3.05, 3.63) is 181 Å². The average molecular weight is 2000 g/mol. The number of H-pyrrole nitrogens is 2. The van der Waals surface area contributed by atoms with Crippen molar-refractivity contribution in [1.82, 2.24) is 65.2 Å². The van der Waals surface area contributed by atoms with E-state index in [2.05, 4.69) is 204 Å². The summed E-state index contributed by atoms with van der Waals surface area (Å²) in [5, 5.41) is 25.0. The first-order chi connectivity index (χ1) is 56.8. The number of nitrogens with two attached hydrogens (primary N) is 1. The van der Waals surface area contributed by atoms with E-state index in [9.17, 15) is 32.8 Å². The largest absolute Gasteiger partial charge is 0.368 e. The minimum atomic E-state index is -1.20. The monoisotopic (exact) mass is 2000 g/mol. The van der Waals surface area contributed by atoms with Crippen LogP contribution in [0.2, 0.25) is 0 Å². The number of likely N-dealkylation sites (tertiary alicyclic amines) is 2. The standard InChI is InChI=1S/C37H38FN9O3.C36H38FN9O2.H14P12.H11P9/c1-24-18-39-35(40-19-24)27-5-10-30(11-6-27)46-15-16-47(25(2)20-46)33(49)21-45-14-13-37(22-45,41-23-48)36(50)42-29-9-12-32-31(17-29)34(44-43-32)26-3-7-28(38)8-4-26;1-23-18-39-34(40-19-23)26-5-10-29(11-6-26)45-15-16-46(24(2)20-45)32(47)21-44-14-13-36(38,22-44)35(48)41-28-9-12-31-30(17-28)33(43-42-31)25-3-7-27(37)8-4-25;1-8(2)11(7)12(9(3)4)10(5)6;1-6-9(7(2)3)8(4)5/h3-12,17-19,23,25H,13-16,20-22H2,1-2H3,(H,41,48)(H,42,50)(H,43,44);3-12,17-19,24H,13-16,20-22,38H2,1-2H3,(H,41,48)(H,42,43);1-7H2;6H,1-5H2/t25-,37+;24-,36+;;/m11../s1. The molecule has 0 spiro atoms. The lowest BCUT2D eigenvalue weighted by Gasteiger charge is -2.41. The van der Waals surface area contributed by atoms with E-state index >= 15 is 0 Å². The van der Waals surface area contributed by atoms with Gasteiger partial charge in [0, 0.05) is 158 Å². The van der Waals surface area contributed by atoms with Crippen molar-refractivity contribution in [3.63, 3.8) is 0 Å². The molecule has 14 unspecified atom stereocenters. The van der Waals surface area contributed by atoms with Crippen molar-refractivity contribution in [2.75, 3.05) is 99.0 Å². The lowest BCUT2D eigenvalue weighted by atomic mass is 9.97. The summed E-state index contributed by atoms with van der Waals surface area (Å²) in [4.78, 5) is 95.9. The number of nitrogens with one attached hydrogen (secondary N) is 5. The summed E-state index contributed by atoms with van der Waals surface area (Å²) >= 11 is 0. The Labute approximate surface area is 732 Å². The SMILES string of the molecule is Cc1cnc(-c2ccc(N3CCN(C(=O)CN4CC[C@@](N)(C(=O)Nc5ccc6[nH]nc(-c7ccc(F)cc7)c6c5)C4)[C@H](C)C3)cc2)nc1.Cc1cnc(-c2ccc(N3CCN(C(=O)CN4CC[C@@](NC=O)(C(=O)Nc5ccc6[nH]nc(-c7ccc(F)cc7)c6c5)C4)[C@H](C)C3)cc2)nc1.PP(P)P(P)P(P(P)P)P(P)P.PPP(P(P)P)P(P)P. The fourth-order valence-corrected chi connectivity index (χ4v) is 178. The minimum Gasteiger partial charge on any atom is -0.368 e. The smallest absolute Gasteiger partial charge is 0.251 e. The summed E-state index contributed by atoms with van der Waals surface area (Å²) in [7, 11) is 36.6. The molecule has 14 rings (SSSR count). The number of aryl methyl sites for hydroxylation is 2. The van der Waals surface area contributed by atoms with E-state index in [-0.39, 0.29) is 122 Å². The molecular weight excluding hydrogens is 1900 g/mol. The van der Waals surface area contributed by atoms with Gasteiger partial charge in [0.15, 0.2) is 11.6 Å². The molecule has 0 saturated carbocycles. The number of piperazine rings is 2. The van der Waals surface area contributed by atoms with E-state index < -0.39 is 11.1 Å². The third-order valence-electron chi connectivity index (χ3n) is 20.4. The van der Waals surface area contributed by atoms with Crippen molar-refractivity contribution in [3.8, 4) is 45.3 Å². The summed E-state index contributed by atoms with van der Waals surface area (Å²) < 4.78 is 27.0. The Hall–Kier alpha value is -1.86. The average Bonchev–Trinajstić information content (AvgIpc) is 1.66. The summed E-state index contributed by atoms with van der Waals surface area (Å²) in [6.07, 6.45) is 8.57. The molecule has 0 aliphatic carbocycles. The number of aromatic nitrogens is 8. The fraction of sp³-hybridized carbons (Fsp3) is 0.301. The van der Waals surface area contributed by atoms with Crippen LogP contribution < -0.4 is 31.5 Å². The number of anilines is 4. The number of aromatic amines is 2. The van der Waals surface area contributed by atoms with Crippen LogP contribution in [0.3, 0.4) is 0 Å². The van der Waals surface area contributed by atoms with Crippen molar-refractivity contribution in [2.45, 2.75) is 63.7 Å². The molecule has 7 N–H and O–H groups in total. The first kappa shape index (κ1) is 97.7. The third kappa shape index (κ3) is 26.2. The number of hydrogen-bond acceptors (Lipinski definition) is 16. The van der Waals surface area contributed by atoms with Crippen LogP contribution in [0.1, 0.15) is 37.8 Å². The molecule has 4 saturated heterocycles. The second-order valence-corrected chi connectivity index (χ2v) is 105. The highest BCUT2D eigenvalue weighted by atomic mass is 33.3. The molecule has 4 fully saturated rings. The maximum atomic E-state index is 13.7. The predicted molar refractivity (Wildman–Crippen MR) is 553 cm³/mol. The van der Waals surface area contributed by atoms with Crippen LogP contribution in [0.15, 0.2) is 158 Å². The molecule has 23 nitrogen and oxygen atoms in total. The third-order valence-corrected chi connectivity index (χ3v) is 131. The Morgan fingerprint density at radius 1 is 0.529 bits per heavy atom. The number of nitrogens with zero attached hydrogens (tertiary/aromatic N) is 12. The van der Waals surface area contributed by atoms with Crippen LogP contribution in [0.5, 0.6) is 0 Å². The Morgan fingerprint density at radius 3 is 1.30 bits per heavy atom. The topological polar surface area (TPSA) is 276 Å². The molecule has 4 aliphatic rings. The van der Waals surface area contributed by atoms with Crippen molar-refractivity contribution in [1.29, 1.82) is 0 Å². The van der Waals surface area contributed by atoms with Gasteiger partial charge in [-0.05, 0) is 241 Å². The van der Waals surface area contributed by atoms with Gasteiger partial charge in [-0.3, -0.25) is 44.0 Å². The number of rotatable bonds is 23. The molecular formula is C73H101F2N18O5P21. The fourth-order valence-electron chi connectivity index (χ4n) is 14.2. The van der Waals surface area contributed by atoms with E-state index in [1.54, 1.807) is 60.9 Å². The molecule has 6 aromatic carbocycles. The number of halogens is 2. The number of carbonyl (C=O) groups excluding carboxylic acids is 5. The Kier molecular flexibility index (Phi) is 37.7. The van der Waals surface area contributed by atoms with Gasteiger partial charge in [0.2, 0.25) is 24.1 Å². The molecule has 10 aromatic rings. The van der Waals surface area contributed by atoms with Gasteiger partial charge in [0.1, 0.15) is 22.7 Å². The summed E-state index contributed by atoms with van der Waals surface area (Å²) in [5.74, 6) is 0.0826. The maximum Gasteiger partial charge on any atom is 0.251 e. The lowest BCUT2D eigenvalue weighted by Crippen LogP contribution is -2.58. The molecule has 0 bridgehead atoms. The molecule has 632 valence electrons. The van der Waals surface area contributed by atoms with E-state index in [0.717, 1.165) is 87.6 Å². The molecule has 4 aromatic heterocycles. The zero-order valence-corrected chi connectivity index (χ0v) is 87.9. The van der Waals surface area contributed by atoms with Crippen LogP contribution in [0.4, 0.5) is 31.5 Å². The predicted octanol–water partition coefficient (Wildman–Crippen LogP) is 19.6. The molecule has 119 heavy (non-hydrogen) atoms. The normalized spacial score (nSPS) is 18.8.